The zero-order valence-electron chi connectivity index (χ0n) is 27.6. The Morgan fingerprint density at radius 1 is 0.314 bits per heavy atom. The summed E-state index contributed by atoms with van der Waals surface area (Å²) < 4.78 is 11.2. The van der Waals surface area contributed by atoms with Gasteiger partial charge in [-0.15, -0.1) is 0 Å². The smallest absolute Gasteiger partial charge is 0.137 e. The van der Waals surface area contributed by atoms with Crippen molar-refractivity contribution in [2.45, 2.75) is 0 Å². The van der Waals surface area contributed by atoms with E-state index in [2.05, 4.69) is 185 Å². The zero-order valence-corrected chi connectivity index (χ0v) is 27.6. The highest BCUT2D eigenvalue weighted by Gasteiger charge is 2.22. The number of furan rings is 1. The van der Waals surface area contributed by atoms with Crippen LogP contribution in [0.1, 0.15) is 0 Å². The van der Waals surface area contributed by atoms with Crippen LogP contribution >= 0.6 is 0 Å². The maximum absolute atomic E-state index is 6.35. The van der Waals surface area contributed by atoms with Crippen LogP contribution in [0.2, 0.25) is 0 Å². The highest BCUT2D eigenvalue weighted by molar-refractivity contribution is 6.29. The van der Waals surface area contributed by atoms with Gasteiger partial charge in [0.25, 0.3) is 0 Å². The maximum Gasteiger partial charge on any atom is 0.137 e. The van der Waals surface area contributed by atoms with E-state index in [9.17, 15) is 0 Å². The van der Waals surface area contributed by atoms with Crippen LogP contribution in [-0.4, -0.2) is 9.13 Å². The molecule has 0 saturated carbocycles. The Hall–Kier alpha value is -6.84. The number of nitrogens with zero attached hydrogens (tertiary/aromatic N) is 2. The predicted molar refractivity (Wildman–Crippen MR) is 213 cm³/mol. The number of benzene rings is 8. The minimum atomic E-state index is 0.895. The largest absolute Gasteiger partial charge is 0.456 e. The van der Waals surface area contributed by atoms with Gasteiger partial charge in [-0.2, -0.15) is 0 Å². The maximum atomic E-state index is 6.35. The van der Waals surface area contributed by atoms with Crippen molar-refractivity contribution in [3.63, 3.8) is 0 Å². The average molecular weight is 651 g/mol. The predicted octanol–water partition coefficient (Wildman–Crippen LogP) is 13.1. The third kappa shape index (κ3) is 4.12. The molecule has 0 fully saturated rings. The van der Waals surface area contributed by atoms with Crippen LogP contribution in [0.3, 0.4) is 0 Å². The van der Waals surface area contributed by atoms with Crippen LogP contribution in [0.25, 0.3) is 99.2 Å². The van der Waals surface area contributed by atoms with Crippen molar-refractivity contribution in [3.8, 4) is 33.6 Å². The normalized spacial score (nSPS) is 11.9. The highest BCUT2D eigenvalue weighted by atomic mass is 16.3. The molecule has 3 aromatic heterocycles. The minimum absolute atomic E-state index is 0.895. The Balaban J connectivity index is 1.16. The summed E-state index contributed by atoms with van der Waals surface area (Å²) in [6.07, 6.45) is 0. The van der Waals surface area contributed by atoms with Gasteiger partial charge in [-0.1, -0.05) is 127 Å². The Morgan fingerprint density at radius 3 is 1.59 bits per heavy atom. The number of aromatic nitrogens is 2. The summed E-state index contributed by atoms with van der Waals surface area (Å²) in [7, 11) is 0. The van der Waals surface area contributed by atoms with Crippen molar-refractivity contribution in [1.29, 1.82) is 0 Å². The molecule has 0 unspecified atom stereocenters. The SMILES string of the molecule is c1ccc(-c2ccc(-c3cccc(-n4c5ccccc5c5c6c7ccccc7n(-c7cccc8oc9ccccc9c78)c6ccc54)c3)cc2)cc1. The van der Waals surface area contributed by atoms with Crippen molar-refractivity contribution in [2.24, 2.45) is 0 Å². The molecule has 8 aromatic carbocycles. The number of hydrogen-bond donors (Lipinski definition) is 0. The number of hydrogen-bond acceptors (Lipinski definition) is 1. The summed E-state index contributed by atoms with van der Waals surface area (Å²) in [5, 5.41) is 7.26. The molecule has 0 atom stereocenters. The monoisotopic (exact) mass is 650 g/mol. The first kappa shape index (κ1) is 28.0. The fourth-order valence-electron chi connectivity index (χ4n) is 8.31. The lowest BCUT2D eigenvalue weighted by atomic mass is 10.00. The van der Waals surface area contributed by atoms with Gasteiger partial charge in [-0.05, 0) is 76.9 Å². The van der Waals surface area contributed by atoms with Gasteiger partial charge in [-0.3, -0.25) is 0 Å². The van der Waals surface area contributed by atoms with Crippen molar-refractivity contribution in [3.05, 3.63) is 182 Å². The Bertz CT molecular complexity index is 3120. The molecule has 0 amide bonds. The molecule has 3 nitrogen and oxygen atoms in total. The third-order valence-electron chi connectivity index (χ3n) is 10.5. The van der Waals surface area contributed by atoms with Crippen LogP contribution in [-0.2, 0) is 0 Å². The minimum Gasteiger partial charge on any atom is -0.456 e. The van der Waals surface area contributed by atoms with E-state index in [-0.39, 0.29) is 0 Å². The summed E-state index contributed by atoms with van der Waals surface area (Å²) in [4.78, 5) is 0. The van der Waals surface area contributed by atoms with Gasteiger partial charge in [0.05, 0.1) is 33.1 Å². The van der Waals surface area contributed by atoms with E-state index in [1.54, 1.807) is 0 Å². The fraction of sp³-hybridized carbons (Fsp3) is 0. The van der Waals surface area contributed by atoms with Gasteiger partial charge in [0.1, 0.15) is 11.2 Å². The Morgan fingerprint density at radius 2 is 0.843 bits per heavy atom. The van der Waals surface area contributed by atoms with E-state index in [4.69, 9.17) is 4.42 Å². The molecular weight excluding hydrogens is 621 g/mol. The lowest BCUT2D eigenvalue weighted by molar-refractivity contribution is 0.669. The van der Waals surface area contributed by atoms with Gasteiger partial charge in [0, 0.05) is 32.6 Å². The van der Waals surface area contributed by atoms with E-state index in [0.717, 1.165) is 33.3 Å². The molecule has 0 saturated heterocycles. The van der Waals surface area contributed by atoms with Crippen molar-refractivity contribution >= 4 is 65.6 Å². The van der Waals surface area contributed by atoms with Gasteiger partial charge in [0.2, 0.25) is 0 Å². The molecular formula is C48H30N2O. The molecule has 0 aliphatic heterocycles. The van der Waals surface area contributed by atoms with Crippen molar-refractivity contribution in [1.82, 2.24) is 9.13 Å². The van der Waals surface area contributed by atoms with E-state index < -0.39 is 0 Å². The Kier molecular flexibility index (Phi) is 5.96. The van der Waals surface area contributed by atoms with Crippen LogP contribution in [0.5, 0.6) is 0 Å². The van der Waals surface area contributed by atoms with E-state index in [0.29, 0.717) is 0 Å². The quantitative estimate of drug-likeness (QED) is 0.186. The van der Waals surface area contributed by atoms with Crippen LogP contribution in [0.15, 0.2) is 186 Å². The lowest BCUT2D eigenvalue weighted by Gasteiger charge is -2.12. The molecule has 11 aromatic rings. The number of rotatable bonds is 4. The van der Waals surface area contributed by atoms with Crippen molar-refractivity contribution < 1.29 is 4.42 Å². The second-order valence-electron chi connectivity index (χ2n) is 13.3. The third-order valence-corrected chi connectivity index (χ3v) is 10.5. The molecule has 0 spiro atoms. The molecule has 3 heteroatoms. The molecule has 238 valence electrons. The van der Waals surface area contributed by atoms with E-state index >= 15 is 0 Å². The second kappa shape index (κ2) is 10.8. The summed E-state index contributed by atoms with van der Waals surface area (Å²) in [6, 6.07) is 65.4. The summed E-state index contributed by atoms with van der Waals surface area (Å²) >= 11 is 0. The van der Waals surface area contributed by atoms with Gasteiger partial charge >= 0.3 is 0 Å². The zero-order chi connectivity index (χ0) is 33.5. The Labute approximate surface area is 293 Å². The summed E-state index contributed by atoms with van der Waals surface area (Å²) in [5.74, 6) is 0. The van der Waals surface area contributed by atoms with Gasteiger partial charge in [0.15, 0.2) is 0 Å². The number of para-hydroxylation sites is 3. The van der Waals surface area contributed by atoms with Gasteiger partial charge < -0.3 is 13.6 Å². The van der Waals surface area contributed by atoms with Crippen LogP contribution in [0.4, 0.5) is 0 Å². The standard InChI is InChI=1S/C48H30N2O/c1-2-12-31(13-3-1)32-24-26-33(27-25-32)34-14-10-15-35(30-34)49-39-19-7-4-16-36(39)47-42(49)28-29-43-48(47)37-17-5-8-20-40(37)50(43)41-21-11-23-45-46(41)38-18-6-9-22-44(38)51-45/h1-30H. The highest BCUT2D eigenvalue weighted by Crippen LogP contribution is 2.44. The molecule has 51 heavy (non-hydrogen) atoms. The molecule has 0 aliphatic rings. The lowest BCUT2D eigenvalue weighted by Crippen LogP contribution is -1.95. The fourth-order valence-corrected chi connectivity index (χ4v) is 8.31. The topological polar surface area (TPSA) is 23.0 Å². The first-order chi connectivity index (χ1) is 25.3. The molecule has 0 radical (unpaired) electrons. The first-order valence-electron chi connectivity index (χ1n) is 17.4. The van der Waals surface area contributed by atoms with E-state index in [1.165, 1.54) is 65.9 Å². The first-order valence-corrected chi connectivity index (χ1v) is 17.4. The summed E-state index contributed by atoms with van der Waals surface area (Å²) in [5.41, 5.74) is 13.6. The molecule has 0 bridgehead atoms. The number of fused-ring (bicyclic) bond motifs is 10. The molecule has 3 heterocycles. The summed E-state index contributed by atoms with van der Waals surface area (Å²) in [6.45, 7) is 0. The molecule has 0 N–H and O–H groups in total. The molecule has 11 rings (SSSR count). The van der Waals surface area contributed by atoms with Crippen molar-refractivity contribution in [2.75, 3.05) is 0 Å². The van der Waals surface area contributed by atoms with Gasteiger partial charge in [-0.25, -0.2) is 0 Å². The van der Waals surface area contributed by atoms with Crippen LogP contribution in [0, 0.1) is 0 Å². The molecule has 0 aliphatic carbocycles. The van der Waals surface area contributed by atoms with E-state index in [1.807, 2.05) is 6.07 Å². The second-order valence-corrected chi connectivity index (χ2v) is 13.3. The van der Waals surface area contributed by atoms with Crippen LogP contribution < -0.4 is 0 Å². The average Bonchev–Trinajstić information content (AvgIpc) is 3.86.